The van der Waals surface area contributed by atoms with Crippen LogP contribution in [0.25, 0.3) is 0 Å². The van der Waals surface area contributed by atoms with Crippen LogP contribution >= 0.6 is 0 Å². The molecule has 0 saturated heterocycles. The van der Waals surface area contributed by atoms with Crippen LogP contribution in [0.1, 0.15) is 67.2 Å². The summed E-state index contributed by atoms with van der Waals surface area (Å²) in [4.78, 5) is 0. The van der Waals surface area contributed by atoms with Gasteiger partial charge >= 0.3 is 37.6 Å². The van der Waals surface area contributed by atoms with Gasteiger partial charge in [-0.2, -0.15) is 23.3 Å². The Morgan fingerprint density at radius 1 is 0.950 bits per heavy atom. The van der Waals surface area contributed by atoms with E-state index in [1.165, 1.54) is 38.9 Å². The molecule has 0 atom stereocenters. The molecule has 0 aromatic rings. The molecule has 0 bridgehead atoms. The third-order valence-corrected chi connectivity index (χ3v) is 3.16. The summed E-state index contributed by atoms with van der Waals surface area (Å²) >= 11 is 2.08. The number of hydrogen-bond donors (Lipinski definition) is 0. The first-order valence-electron chi connectivity index (χ1n) is 7.47. The van der Waals surface area contributed by atoms with Gasteiger partial charge in [-0.1, -0.05) is 40.5 Å². The van der Waals surface area contributed by atoms with Crippen LogP contribution in [0.3, 0.4) is 0 Å². The Hall–Kier alpha value is -0.456. The van der Waals surface area contributed by atoms with Gasteiger partial charge in [0.05, 0.1) is 0 Å². The van der Waals surface area contributed by atoms with Crippen LogP contribution in [0.5, 0.6) is 0 Å². The maximum atomic E-state index is 3.24. The van der Waals surface area contributed by atoms with Crippen LogP contribution in [-0.2, 0) is 20.0 Å². The van der Waals surface area contributed by atoms with E-state index in [2.05, 4.69) is 85.8 Å². The van der Waals surface area contributed by atoms with Crippen molar-refractivity contribution in [3.05, 3.63) is 46.6 Å². The summed E-state index contributed by atoms with van der Waals surface area (Å²) in [6.45, 7) is 12.8. The first-order chi connectivity index (χ1) is 9.42. The third-order valence-electron chi connectivity index (χ3n) is 3.16. The first-order valence-corrected chi connectivity index (χ1v) is 8.25. The molecule has 20 heavy (non-hydrogen) atoms. The summed E-state index contributed by atoms with van der Waals surface area (Å²) in [6.07, 6.45) is 15.4. The SMILES string of the molecule is CCC1=CC[C-]=C1C.CCC1=CC[C-]=C1C.C[C](C)=[Ti+2]. The molecule has 0 fully saturated rings. The zero-order chi connectivity index (χ0) is 15.5. The van der Waals surface area contributed by atoms with Crippen LogP contribution in [0.15, 0.2) is 34.4 Å². The molecule has 2 aliphatic rings. The van der Waals surface area contributed by atoms with E-state index in [-0.39, 0.29) is 0 Å². The van der Waals surface area contributed by atoms with Gasteiger partial charge in [0.25, 0.3) is 0 Å². The topological polar surface area (TPSA) is 0 Å². The van der Waals surface area contributed by atoms with Crippen molar-refractivity contribution >= 4 is 3.81 Å². The van der Waals surface area contributed by atoms with Gasteiger partial charge in [0.1, 0.15) is 0 Å². The molecule has 0 N–H and O–H groups in total. The predicted octanol–water partition coefficient (Wildman–Crippen LogP) is 5.70. The molecule has 0 unspecified atom stereocenters. The standard InChI is InChI=1S/2C8H11.C3H6.Ti/c2*1-3-8-6-4-5-7(8)2;1-3-2;/h2*6H,3-4H2,1-2H3;1-2H3;/q2*-1;;+2. The average Bonchev–Trinajstić information content (AvgIpc) is 2.97. The molecule has 0 nitrogen and oxygen atoms in total. The van der Waals surface area contributed by atoms with Gasteiger partial charge in [-0.25, -0.2) is 11.1 Å². The van der Waals surface area contributed by atoms with Crippen molar-refractivity contribution in [2.75, 3.05) is 0 Å². The molecule has 0 aromatic carbocycles. The summed E-state index contributed by atoms with van der Waals surface area (Å²) in [7, 11) is 0. The van der Waals surface area contributed by atoms with Crippen molar-refractivity contribution in [2.45, 2.75) is 67.2 Å². The Labute approximate surface area is 137 Å². The summed E-state index contributed by atoms with van der Waals surface area (Å²) in [5.41, 5.74) is 5.66. The molecule has 0 saturated carbocycles. The Kier molecular flexibility index (Phi) is 11.0. The number of allylic oxidation sites excluding steroid dienone is 8. The normalized spacial score (nSPS) is 16.0. The second-order valence-electron chi connectivity index (χ2n) is 5.18. The van der Waals surface area contributed by atoms with Gasteiger partial charge in [-0.05, 0) is 0 Å². The van der Waals surface area contributed by atoms with Crippen LogP contribution in [0.2, 0.25) is 0 Å². The molecule has 0 aliphatic heterocycles. The minimum absolute atomic E-state index is 1.04. The molecule has 2 aliphatic carbocycles. The van der Waals surface area contributed by atoms with Crippen LogP contribution in [0, 0.1) is 12.2 Å². The van der Waals surface area contributed by atoms with E-state index in [4.69, 9.17) is 0 Å². The van der Waals surface area contributed by atoms with Crippen molar-refractivity contribution in [2.24, 2.45) is 0 Å². The number of rotatable bonds is 2. The Bertz CT molecular complexity index is 391. The van der Waals surface area contributed by atoms with Gasteiger partial charge < -0.3 is 0 Å². The van der Waals surface area contributed by atoms with E-state index in [9.17, 15) is 0 Å². The summed E-state index contributed by atoms with van der Waals surface area (Å²) < 4.78 is 1.42. The minimum atomic E-state index is 1.04. The fourth-order valence-corrected chi connectivity index (χ4v) is 2.01. The van der Waals surface area contributed by atoms with E-state index in [1.807, 2.05) is 0 Å². The molecule has 0 aromatic heterocycles. The zero-order valence-electron chi connectivity index (χ0n) is 14.0. The molecule has 108 valence electrons. The van der Waals surface area contributed by atoms with Crippen molar-refractivity contribution < 1.29 is 20.0 Å². The van der Waals surface area contributed by atoms with E-state index in [1.54, 1.807) is 0 Å². The molecule has 2 rings (SSSR count). The van der Waals surface area contributed by atoms with Gasteiger partial charge in [-0.15, -0.1) is 12.8 Å². The van der Waals surface area contributed by atoms with E-state index < -0.39 is 0 Å². The molecular weight excluding hydrogens is 276 g/mol. The second-order valence-corrected chi connectivity index (χ2v) is 6.74. The van der Waals surface area contributed by atoms with Crippen LogP contribution < -0.4 is 0 Å². The van der Waals surface area contributed by atoms with Crippen molar-refractivity contribution in [1.29, 1.82) is 0 Å². The van der Waals surface area contributed by atoms with Crippen molar-refractivity contribution in [1.82, 2.24) is 0 Å². The van der Waals surface area contributed by atoms with Crippen LogP contribution in [-0.4, -0.2) is 3.81 Å². The average molecular weight is 304 g/mol. The molecular formula is C19H28Ti. The Morgan fingerprint density at radius 3 is 1.35 bits per heavy atom. The second kappa shape index (κ2) is 11.2. The molecule has 0 amide bonds. The van der Waals surface area contributed by atoms with E-state index in [0.717, 1.165) is 12.8 Å². The van der Waals surface area contributed by atoms with Crippen molar-refractivity contribution in [3.63, 3.8) is 0 Å². The quantitative estimate of drug-likeness (QED) is 0.453. The van der Waals surface area contributed by atoms with Gasteiger partial charge in [0.2, 0.25) is 0 Å². The fraction of sp³-hybridized carbons (Fsp3) is 0.526. The van der Waals surface area contributed by atoms with Crippen molar-refractivity contribution in [3.8, 4) is 0 Å². The molecule has 0 spiro atoms. The Balaban J connectivity index is 0.000000289. The van der Waals surface area contributed by atoms with E-state index >= 15 is 0 Å². The first kappa shape index (κ1) is 19.5. The summed E-state index contributed by atoms with van der Waals surface area (Å²) in [5.74, 6) is 0. The zero-order valence-corrected chi connectivity index (χ0v) is 15.5. The van der Waals surface area contributed by atoms with Gasteiger partial charge in [-0.3, -0.25) is 12.2 Å². The van der Waals surface area contributed by atoms with Gasteiger partial charge in [0, 0.05) is 0 Å². The Morgan fingerprint density at radius 2 is 1.25 bits per heavy atom. The summed E-state index contributed by atoms with van der Waals surface area (Å²) in [6, 6.07) is 0. The van der Waals surface area contributed by atoms with Crippen LogP contribution in [0.4, 0.5) is 0 Å². The maximum absolute atomic E-state index is 3.24. The third kappa shape index (κ3) is 8.66. The van der Waals surface area contributed by atoms with E-state index in [0.29, 0.717) is 0 Å². The fourth-order valence-electron chi connectivity index (χ4n) is 2.01. The van der Waals surface area contributed by atoms with Gasteiger partial charge in [0.15, 0.2) is 0 Å². The predicted molar refractivity (Wildman–Crippen MR) is 87.2 cm³/mol. The summed E-state index contributed by atoms with van der Waals surface area (Å²) in [5, 5.41) is 0. The number of hydrogen-bond acceptors (Lipinski definition) is 0. The molecule has 0 radical (unpaired) electrons. The molecule has 0 heterocycles. The monoisotopic (exact) mass is 304 g/mol. The molecule has 1 heteroatoms.